The molecule has 1 aliphatic rings. The number of anilines is 1. The fourth-order valence-electron chi connectivity index (χ4n) is 4.58. The molecule has 1 aliphatic heterocycles. The van der Waals surface area contributed by atoms with Crippen LogP contribution < -0.4 is 15.8 Å². The molecule has 0 saturated carbocycles. The molecule has 2 amide bonds. The number of ether oxygens (including phenoxy) is 1. The highest BCUT2D eigenvalue weighted by Gasteiger charge is 2.29. The van der Waals surface area contributed by atoms with Crippen molar-refractivity contribution in [2.24, 2.45) is 0 Å². The van der Waals surface area contributed by atoms with Crippen LogP contribution in [0.25, 0.3) is 16.8 Å². The van der Waals surface area contributed by atoms with Crippen molar-refractivity contribution < 1.29 is 14.3 Å². The first-order valence-corrected chi connectivity index (χ1v) is 11.7. The maximum Gasteiger partial charge on any atom is 0.257 e. The first-order valence-electron chi connectivity index (χ1n) is 11.7. The molecule has 1 unspecified atom stereocenters. The second kappa shape index (κ2) is 9.29. The molecule has 1 fully saturated rings. The van der Waals surface area contributed by atoms with Crippen LogP contribution in [0.2, 0.25) is 0 Å². The summed E-state index contributed by atoms with van der Waals surface area (Å²) in [5.74, 6) is 0.236. The number of benzene rings is 1. The van der Waals surface area contributed by atoms with E-state index in [2.05, 4.69) is 20.4 Å². The number of carbonyl (C=O) groups is 2. The molecule has 1 saturated heterocycles. The van der Waals surface area contributed by atoms with E-state index in [4.69, 9.17) is 10.5 Å². The molecule has 5 rings (SSSR count). The third-order valence-electron chi connectivity index (χ3n) is 6.47. The average Bonchev–Trinajstić information content (AvgIpc) is 3.48. The molecule has 10 heteroatoms. The molecule has 36 heavy (non-hydrogen) atoms. The third kappa shape index (κ3) is 4.21. The van der Waals surface area contributed by atoms with Gasteiger partial charge in [0.2, 0.25) is 5.88 Å². The van der Waals surface area contributed by atoms with Crippen LogP contribution in [0.3, 0.4) is 0 Å². The lowest BCUT2D eigenvalue weighted by Gasteiger charge is -2.18. The summed E-state index contributed by atoms with van der Waals surface area (Å²) in [5, 5.41) is 7.36. The number of pyridine rings is 1. The van der Waals surface area contributed by atoms with Crippen LogP contribution in [0.5, 0.6) is 5.88 Å². The maximum atomic E-state index is 13.3. The summed E-state index contributed by atoms with van der Waals surface area (Å²) in [7, 11) is 1.47. The van der Waals surface area contributed by atoms with Crippen molar-refractivity contribution >= 4 is 23.1 Å². The molecule has 0 bridgehead atoms. The first-order chi connectivity index (χ1) is 17.4. The predicted octanol–water partition coefficient (Wildman–Crippen LogP) is 2.64. The number of hydrogen-bond donors (Lipinski definition) is 2. The van der Waals surface area contributed by atoms with Crippen LogP contribution >= 0.6 is 0 Å². The lowest BCUT2D eigenvalue weighted by atomic mass is 10.1. The molecule has 4 aromatic rings. The number of likely N-dealkylation sites (tertiary alicyclic amines) is 1. The van der Waals surface area contributed by atoms with E-state index < -0.39 is 0 Å². The number of aryl methyl sites for hydroxylation is 2. The second-order valence-corrected chi connectivity index (χ2v) is 8.98. The van der Waals surface area contributed by atoms with Crippen molar-refractivity contribution in [2.45, 2.75) is 26.3 Å². The van der Waals surface area contributed by atoms with Gasteiger partial charge in [0.15, 0.2) is 5.82 Å². The van der Waals surface area contributed by atoms with E-state index in [-0.39, 0.29) is 23.7 Å². The zero-order chi connectivity index (χ0) is 25.4. The Kier molecular flexibility index (Phi) is 6.01. The van der Waals surface area contributed by atoms with Crippen molar-refractivity contribution in [2.75, 3.05) is 25.9 Å². The average molecular weight is 486 g/mol. The van der Waals surface area contributed by atoms with Crippen LogP contribution in [0, 0.1) is 13.8 Å². The highest BCUT2D eigenvalue weighted by Crippen LogP contribution is 2.29. The summed E-state index contributed by atoms with van der Waals surface area (Å²) < 4.78 is 7.06. The van der Waals surface area contributed by atoms with E-state index in [1.165, 1.54) is 13.4 Å². The second-order valence-electron chi connectivity index (χ2n) is 8.98. The van der Waals surface area contributed by atoms with E-state index in [0.717, 1.165) is 16.8 Å². The van der Waals surface area contributed by atoms with Crippen LogP contribution in [0.1, 0.15) is 38.3 Å². The number of rotatable bonds is 5. The van der Waals surface area contributed by atoms with Gasteiger partial charge in [-0.05, 0) is 50.1 Å². The fourth-order valence-corrected chi connectivity index (χ4v) is 4.58. The van der Waals surface area contributed by atoms with Gasteiger partial charge >= 0.3 is 0 Å². The number of amides is 2. The summed E-state index contributed by atoms with van der Waals surface area (Å²) in [6.45, 7) is 4.92. The Labute approximate surface area is 208 Å². The third-order valence-corrected chi connectivity index (χ3v) is 6.47. The topological polar surface area (TPSA) is 128 Å². The highest BCUT2D eigenvalue weighted by molar-refractivity contribution is 5.98. The molecule has 0 radical (unpaired) electrons. The van der Waals surface area contributed by atoms with E-state index >= 15 is 0 Å². The zero-order valence-corrected chi connectivity index (χ0v) is 20.4. The van der Waals surface area contributed by atoms with Gasteiger partial charge in [0.05, 0.1) is 12.8 Å². The predicted molar refractivity (Wildman–Crippen MR) is 135 cm³/mol. The molecule has 3 N–H and O–H groups in total. The molecule has 1 atom stereocenters. The SMILES string of the molecule is COc1ncc(-c2cc(C)c3c(N)ncnn23)cc1C(=O)NC1CCN(C(=O)c2ccc(C)cc2)C1. The summed E-state index contributed by atoms with van der Waals surface area (Å²) >= 11 is 0. The largest absolute Gasteiger partial charge is 0.480 e. The van der Waals surface area contributed by atoms with E-state index in [1.807, 2.05) is 44.2 Å². The molecule has 0 aliphatic carbocycles. The van der Waals surface area contributed by atoms with Crippen molar-refractivity contribution in [3.05, 3.63) is 71.2 Å². The Bertz CT molecular complexity index is 1460. The number of methoxy groups -OCH3 is 1. The molecule has 4 heterocycles. The molecule has 10 nitrogen and oxygen atoms in total. The zero-order valence-electron chi connectivity index (χ0n) is 20.4. The standard InChI is InChI=1S/C26H27N7O3/c1-15-4-6-17(7-5-15)26(35)32-9-8-19(13-32)31-24(34)20-11-18(12-28-25(20)36-3)21-10-16(2)22-23(27)29-14-30-33(21)22/h4-7,10-12,14,19H,8-9,13H2,1-3H3,(H,31,34)(H2,27,29,30). The van der Waals surface area contributed by atoms with Crippen molar-refractivity contribution in [1.29, 1.82) is 0 Å². The fraction of sp³-hybridized carbons (Fsp3) is 0.269. The van der Waals surface area contributed by atoms with Crippen LogP contribution in [0.4, 0.5) is 5.82 Å². The lowest BCUT2D eigenvalue weighted by molar-refractivity contribution is 0.0783. The Morgan fingerprint density at radius 2 is 1.92 bits per heavy atom. The Morgan fingerprint density at radius 3 is 2.67 bits per heavy atom. The minimum absolute atomic E-state index is 0.0373. The van der Waals surface area contributed by atoms with Gasteiger partial charge in [0, 0.05) is 36.5 Å². The number of carbonyl (C=O) groups excluding carboxylic acids is 2. The molecule has 184 valence electrons. The van der Waals surface area contributed by atoms with Gasteiger partial charge in [0.1, 0.15) is 17.4 Å². The highest BCUT2D eigenvalue weighted by atomic mass is 16.5. The quantitative estimate of drug-likeness (QED) is 0.445. The molecule has 0 spiro atoms. The van der Waals surface area contributed by atoms with Gasteiger partial charge in [-0.1, -0.05) is 17.7 Å². The van der Waals surface area contributed by atoms with Crippen LogP contribution in [0.15, 0.2) is 48.9 Å². The molecule has 1 aromatic carbocycles. The number of fused-ring (bicyclic) bond motifs is 1. The van der Waals surface area contributed by atoms with E-state index in [1.54, 1.807) is 21.7 Å². The maximum absolute atomic E-state index is 13.3. The molecule has 3 aromatic heterocycles. The van der Waals surface area contributed by atoms with Gasteiger partial charge in [0.25, 0.3) is 11.8 Å². The van der Waals surface area contributed by atoms with Gasteiger partial charge < -0.3 is 20.7 Å². The lowest BCUT2D eigenvalue weighted by Crippen LogP contribution is -2.38. The molecular weight excluding hydrogens is 458 g/mol. The number of nitrogens with zero attached hydrogens (tertiary/aromatic N) is 5. The van der Waals surface area contributed by atoms with E-state index in [0.29, 0.717) is 47.5 Å². The van der Waals surface area contributed by atoms with Gasteiger partial charge in [-0.25, -0.2) is 14.5 Å². The van der Waals surface area contributed by atoms with Gasteiger partial charge in [-0.2, -0.15) is 5.10 Å². The summed E-state index contributed by atoms with van der Waals surface area (Å²) in [6.07, 6.45) is 3.68. The van der Waals surface area contributed by atoms with Crippen molar-refractivity contribution in [3.8, 4) is 17.1 Å². The summed E-state index contributed by atoms with van der Waals surface area (Å²) in [4.78, 5) is 36.3. The van der Waals surface area contributed by atoms with Crippen LogP contribution in [-0.4, -0.2) is 62.5 Å². The number of nitrogen functional groups attached to an aromatic ring is 1. The Hall–Kier alpha value is -4.47. The molecular formula is C26H27N7O3. The number of nitrogens with two attached hydrogens (primary N) is 1. The number of nitrogens with one attached hydrogen (secondary N) is 1. The van der Waals surface area contributed by atoms with Gasteiger partial charge in [-0.3, -0.25) is 9.59 Å². The number of aromatic nitrogens is 4. The van der Waals surface area contributed by atoms with Gasteiger partial charge in [-0.15, -0.1) is 0 Å². The smallest absolute Gasteiger partial charge is 0.257 e. The first kappa shape index (κ1) is 23.3. The van der Waals surface area contributed by atoms with Crippen LogP contribution in [-0.2, 0) is 0 Å². The minimum atomic E-state index is -0.317. The van der Waals surface area contributed by atoms with E-state index in [9.17, 15) is 9.59 Å². The summed E-state index contributed by atoms with van der Waals surface area (Å²) in [6, 6.07) is 11.0. The van der Waals surface area contributed by atoms with Crippen molar-refractivity contribution in [3.63, 3.8) is 0 Å². The van der Waals surface area contributed by atoms with Crippen molar-refractivity contribution in [1.82, 2.24) is 29.8 Å². The Balaban J connectivity index is 1.36. The summed E-state index contributed by atoms with van der Waals surface area (Å²) in [5.41, 5.74) is 11.1. The minimum Gasteiger partial charge on any atom is -0.480 e. The normalized spacial score (nSPS) is 15.3. The Morgan fingerprint density at radius 1 is 1.14 bits per heavy atom. The number of hydrogen-bond acceptors (Lipinski definition) is 7. The monoisotopic (exact) mass is 485 g/mol.